The molecule has 0 aliphatic heterocycles. The highest BCUT2D eigenvalue weighted by molar-refractivity contribution is 9.10. The van der Waals surface area contributed by atoms with Crippen LogP contribution in [0.2, 0.25) is 0 Å². The maximum Gasteiger partial charge on any atom is 0.142 e. The van der Waals surface area contributed by atoms with Crippen molar-refractivity contribution in [1.29, 1.82) is 0 Å². The topological polar surface area (TPSA) is 38.7 Å². The zero-order valence-electron chi connectivity index (χ0n) is 10.9. The van der Waals surface area contributed by atoms with Crippen LogP contribution in [-0.4, -0.2) is 19.3 Å². The lowest BCUT2D eigenvalue weighted by Crippen LogP contribution is -2.04. The van der Waals surface area contributed by atoms with E-state index in [2.05, 4.69) is 15.9 Å². The Morgan fingerprint density at radius 3 is 2.42 bits per heavy atom. The zero-order valence-corrected chi connectivity index (χ0v) is 13.3. The van der Waals surface area contributed by atoms with Gasteiger partial charge < -0.3 is 14.6 Å². The van der Waals surface area contributed by atoms with Crippen molar-refractivity contribution in [3.8, 4) is 11.5 Å². The van der Waals surface area contributed by atoms with Crippen molar-refractivity contribution in [2.24, 2.45) is 0 Å². The molecule has 19 heavy (non-hydrogen) atoms. The summed E-state index contributed by atoms with van der Waals surface area (Å²) in [5.74, 6) is 1.27. The van der Waals surface area contributed by atoms with Crippen LogP contribution < -0.4 is 9.47 Å². The third kappa shape index (κ3) is 2.63. The molecular formula is C14H15BrO3S. The van der Waals surface area contributed by atoms with Gasteiger partial charge in [0.2, 0.25) is 0 Å². The van der Waals surface area contributed by atoms with Crippen LogP contribution in [0, 0.1) is 6.92 Å². The van der Waals surface area contributed by atoms with Crippen molar-refractivity contribution in [1.82, 2.24) is 0 Å². The quantitative estimate of drug-likeness (QED) is 0.915. The summed E-state index contributed by atoms with van der Waals surface area (Å²) in [4.78, 5) is 0. The van der Waals surface area contributed by atoms with E-state index in [4.69, 9.17) is 9.47 Å². The summed E-state index contributed by atoms with van der Waals surface area (Å²) >= 11 is 5.02. The highest BCUT2D eigenvalue weighted by Crippen LogP contribution is 2.42. The minimum atomic E-state index is -0.705. The fourth-order valence-corrected chi connectivity index (χ4v) is 3.51. The minimum absolute atomic E-state index is 0.595. The maximum absolute atomic E-state index is 10.5. The molecular weight excluding hydrogens is 328 g/mol. The molecule has 1 atom stereocenters. The van der Waals surface area contributed by atoms with E-state index in [-0.39, 0.29) is 0 Å². The van der Waals surface area contributed by atoms with E-state index in [9.17, 15) is 5.11 Å². The summed E-state index contributed by atoms with van der Waals surface area (Å²) in [5, 5.41) is 14.5. The second kappa shape index (κ2) is 5.94. The van der Waals surface area contributed by atoms with Gasteiger partial charge in [0.1, 0.15) is 22.1 Å². The van der Waals surface area contributed by atoms with Gasteiger partial charge in [-0.25, -0.2) is 0 Å². The molecule has 0 aliphatic carbocycles. The summed E-state index contributed by atoms with van der Waals surface area (Å²) < 4.78 is 11.3. The number of thiophene rings is 1. The second-order valence-electron chi connectivity index (χ2n) is 4.12. The lowest BCUT2D eigenvalue weighted by molar-refractivity contribution is 0.214. The van der Waals surface area contributed by atoms with Crippen molar-refractivity contribution < 1.29 is 14.6 Å². The number of aryl methyl sites for hydroxylation is 1. The minimum Gasteiger partial charge on any atom is -0.495 e. The molecule has 3 nitrogen and oxygen atoms in total. The van der Waals surface area contributed by atoms with Crippen molar-refractivity contribution in [2.75, 3.05) is 14.2 Å². The van der Waals surface area contributed by atoms with Crippen LogP contribution in [0.4, 0.5) is 0 Å². The molecule has 0 amide bonds. The predicted molar refractivity (Wildman–Crippen MR) is 80.4 cm³/mol. The molecule has 0 fully saturated rings. The molecule has 0 saturated heterocycles. The van der Waals surface area contributed by atoms with Crippen molar-refractivity contribution in [2.45, 2.75) is 13.0 Å². The molecule has 1 N–H and O–H groups in total. The fraction of sp³-hybridized carbons (Fsp3) is 0.286. The van der Waals surface area contributed by atoms with Crippen LogP contribution >= 0.6 is 27.3 Å². The van der Waals surface area contributed by atoms with Gasteiger partial charge in [-0.05, 0) is 56.9 Å². The fourth-order valence-electron chi connectivity index (χ4n) is 1.95. The average Bonchev–Trinajstić information content (AvgIpc) is 2.83. The molecule has 1 aromatic heterocycles. The van der Waals surface area contributed by atoms with Crippen LogP contribution in [-0.2, 0) is 0 Å². The van der Waals surface area contributed by atoms with Crippen LogP contribution in [0.3, 0.4) is 0 Å². The first-order valence-electron chi connectivity index (χ1n) is 5.71. The number of halogens is 1. The standard InChI is InChI=1S/C14H15BrO3S/c1-8-6-19-7-10(8)13(16)9-4-5-11(17-2)12(15)14(9)18-3/h4-7,13,16H,1-3H3. The molecule has 1 aromatic carbocycles. The third-order valence-electron chi connectivity index (χ3n) is 3.00. The Kier molecular flexibility index (Phi) is 4.50. The van der Waals surface area contributed by atoms with E-state index < -0.39 is 6.10 Å². The molecule has 0 radical (unpaired) electrons. The Balaban J connectivity index is 2.51. The van der Waals surface area contributed by atoms with Crippen LogP contribution in [0.25, 0.3) is 0 Å². The Morgan fingerprint density at radius 2 is 1.89 bits per heavy atom. The number of methoxy groups -OCH3 is 2. The number of aliphatic hydroxyl groups excluding tert-OH is 1. The molecule has 1 unspecified atom stereocenters. The Morgan fingerprint density at radius 1 is 1.16 bits per heavy atom. The summed E-state index contributed by atoms with van der Waals surface area (Å²) in [6, 6.07) is 3.64. The van der Waals surface area contributed by atoms with E-state index in [1.54, 1.807) is 25.6 Å². The van der Waals surface area contributed by atoms with Crippen molar-refractivity contribution >= 4 is 27.3 Å². The lowest BCUT2D eigenvalue weighted by Gasteiger charge is -2.17. The Hall–Kier alpha value is -1.04. The number of rotatable bonds is 4. The average molecular weight is 343 g/mol. The van der Waals surface area contributed by atoms with Crippen LogP contribution in [0.1, 0.15) is 22.8 Å². The van der Waals surface area contributed by atoms with Gasteiger partial charge in [0.05, 0.1) is 14.2 Å². The van der Waals surface area contributed by atoms with Crippen LogP contribution in [0.5, 0.6) is 11.5 Å². The van der Waals surface area contributed by atoms with Gasteiger partial charge in [-0.15, -0.1) is 0 Å². The van der Waals surface area contributed by atoms with E-state index in [0.29, 0.717) is 16.0 Å². The van der Waals surface area contributed by atoms with Gasteiger partial charge in [0, 0.05) is 5.56 Å². The summed E-state index contributed by atoms with van der Waals surface area (Å²) in [6.07, 6.45) is -0.705. The Labute approximate surface area is 124 Å². The van der Waals surface area contributed by atoms with E-state index >= 15 is 0 Å². The number of aliphatic hydroxyl groups is 1. The number of hydrogen-bond acceptors (Lipinski definition) is 4. The smallest absolute Gasteiger partial charge is 0.142 e. The van der Waals surface area contributed by atoms with Crippen molar-refractivity contribution in [3.63, 3.8) is 0 Å². The molecule has 2 aromatic rings. The molecule has 5 heteroatoms. The summed E-state index contributed by atoms with van der Waals surface area (Å²) in [5.41, 5.74) is 2.70. The summed E-state index contributed by atoms with van der Waals surface area (Å²) in [6.45, 7) is 1.99. The first-order chi connectivity index (χ1) is 9.10. The number of benzene rings is 1. The molecule has 102 valence electrons. The van der Waals surface area contributed by atoms with Gasteiger partial charge in [0.25, 0.3) is 0 Å². The molecule has 0 aliphatic rings. The van der Waals surface area contributed by atoms with Gasteiger partial charge in [-0.1, -0.05) is 0 Å². The first kappa shape index (κ1) is 14.4. The maximum atomic E-state index is 10.5. The summed E-state index contributed by atoms with van der Waals surface area (Å²) in [7, 11) is 3.18. The second-order valence-corrected chi connectivity index (χ2v) is 5.65. The molecule has 0 spiro atoms. The highest BCUT2D eigenvalue weighted by Gasteiger charge is 2.21. The predicted octanol–water partition coefficient (Wildman–Crippen LogP) is 3.92. The molecule has 0 saturated carbocycles. The highest BCUT2D eigenvalue weighted by atomic mass is 79.9. The van der Waals surface area contributed by atoms with Crippen LogP contribution in [0.15, 0.2) is 27.4 Å². The van der Waals surface area contributed by atoms with E-state index in [1.165, 1.54) is 0 Å². The largest absolute Gasteiger partial charge is 0.495 e. The number of ether oxygens (including phenoxy) is 2. The van der Waals surface area contributed by atoms with Crippen molar-refractivity contribution in [3.05, 3.63) is 44.1 Å². The van der Waals surface area contributed by atoms with E-state index in [1.807, 2.05) is 29.8 Å². The molecule has 0 bridgehead atoms. The molecule has 2 rings (SSSR count). The lowest BCUT2D eigenvalue weighted by atomic mass is 10.0. The Bertz CT molecular complexity index is 580. The number of hydrogen-bond donors (Lipinski definition) is 1. The van der Waals surface area contributed by atoms with Gasteiger partial charge >= 0.3 is 0 Å². The first-order valence-corrected chi connectivity index (χ1v) is 7.44. The van der Waals surface area contributed by atoms with Gasteiger partial charge in [-0.2, -0.15) is 11.3 Å². The van der Waals surface area contributed by atoms with Gasteiger partial charge in [-0.3, -0.25) is 0 Å². The van der Waals surface area contributed by atoms with Gasteiger partial charge in [0.15, 0.2) is 0 Å². The normalized spacial score (nSPS) is 12.3. The molecule has 1 heterocycles. The SMILES string of the molecule is COc1ccc(C(O)c2cscc2C)c(OC)c1Br. The monoisotopic (exact) mass is 342 g/mol. The zero-order chi connectivity index (χ0) is 14.0. The third-order valence-corrected chi connectivity index (χ3v) is 4.63. The van der Waals surface area contributed by atoms with E-state index in [0.717, 1.165) is 16.7 Å².